The predicted molar refractivity (Wildman–Crippen MR) is 116 cm³/mol. The Kier molecular flexibility index (Phi) is 4.29. The lowest BCUT2D eigenvalue weighted by molar-refractivity contribution is 0.448. The molecule has 0 spiro atoms. The third-order valence-electron chi connectivity index (χ3n) is 4.89. The van der Waals surface area contributed by atoms with Crippen molar-refractivity contribution in [3.63, 3.8) is 0 Å². The van der Waals surface area contributed by atoms with E-state index < -0.39 is 10.0 Å². The van der Waals surface area contributed by atoms with E-state index in [9.17, 15) is 8.42 Å². The van der Waals surface area contributed by atoms with Gasteiger partial charge in [-0.25, -0.2) is 13.4 Å². The van der Waals surface area contributed by atoms with Gasteiger partial charge in [0.25, 0.3) is 0 Å². The van der Waals surface area contributed by atoms with E-state index in [0.29, 0.717) is 22.4 Å². The molecule has 0 fully saturated rings. The van der Waals surface area contributed by atoms with E-state index in [1.807, 2.05) is 54.0 Å². The van der Waals surface area contributed by atoms with Gasteiger partial charge in [0.15, 0.2) is 5.58 Å². The number of aryl methyl sites for hydroxylation is 1. The molecule has 0 unspecified atom stereocenters. The Bertz CT molecular complexity index is 1480. The number of fused-ring (bicyclic) bond motifs is 2. The number of hydrogen-bond acceptors (Lipinski definition) is 5. The maximum absolute atomic E-state index is 12.7. The minimum Gasteiger partial charge on any atom is -0.356 e. The number of nitrogens with zero attached hydrogens (tertiary/aromatic N) is 3. The minimum absolute atomic E-state index is 0.276. The second kappa shape index (κ2) is 7.00. The molecule has 5 rings (SSSR count). The molecule has 1 N–H and O–H groups in total. The van der Waals surface area contributed by atoms with E-state index in [-0.39, 0.29) is 5.75 Å². The Labute approximate surface area is 173 Å². The van der Waals surface area contributed by atoms with Crippen LogP contribution in [0.2, 0.25) is 0 Å². The zero-order valence-corrected chi connectivity index (χ0v) is 16.9. The molecule has 5 aromatic rings. The molecule has 0 aliphatic carbocycles. The quantitative estimate of drug-likeness (QED) is 0.457. The van der Waals surface area contributed by atoms with Crippen molar-refractivity contribution in [3.8, 4) is 11.3 Å². The highest BCUT2D eigenvalue weighted by Crippen LogP contribution is 2.25. The van der Waals surface area contributed by atoms with Gasteiger partial charge < -0.3 is 8.92 Å². The fraction of sp³-hybridized carbons (Fsp3) is 0.0909. The molecule has 3 aromatic heterocycles. The number of imidazole rings is 1. The summed E-state index contributed by atoms with van der Waals surface area (Å²) in [5, 5.41) is 4.60. The van der Waals surface area contributed by atoms with Gasteiger partial charge in [-0.15, -0.1) is 0 Å². The summed E-state index contributed by atoms with van der Waals surface area (Å²) < 4.78 is 35.3. The monoisotopic (exact) mass is 418 g/mol. The molecule has 30 heavy (non-hydrogen) atoms. The van der Waals surface area contributed by atoms with Gasteiger partial charge in [-0.2, -0.15) is 0 Å². The fourth-order valence-electron chi connectivity index (χ4n) is 3.47. The lowest BCUT2D eigenvalue weighted by Gasteiger charge is -2.08. The molecule has 3 heterocycles. The first-order valence-electron chi connectivity index (χ1n) is 9.37. The van der Waals surface area contributed by atoms with Crippen LogP contribution in [0.15, 0.2) is 77.6 Å². The number of rotatable bonds is 5. The SMILES string of the molecule is Cc1cccn2cc(-c3cccc(NS(=O)(=O)Cc4noc5ccccc45)c3)nc12. The maximum Gasteiger partial charge on any atom is 0.238 e. The van der Waals surface area contributed by atoms with Crippen LogP contribution in [0.1, 0.15) is 11.3 Å². The number of para-hydroxylation sites is 1. The first-order chi connectivity index (χ1) is 14.5. The molecule has 0 saturated carbocycles. The summed E-state index contributed by atoms with van der Waals surface area (Å²) in [6, 6.07) is 18.3. The van der Waals surface area contributed by atoms with E-state index in [2.05, 4.69) is 14.9 Å². The summed E-state index contributed by atoms with van der Waals surface area (Å²) in [6.45, 7) is 2.00. The van der Waals surface area contributed by atoms with Crippen molar-refractivity contribution in [3.05, 3.63) is 84.3 Å². The van der Waals surface area contributed by atoms with E-state index in [1.165, 1.54) is 0 Å². The van der Waals surface area contributed by atoms with Crippen LogP contribution in [-0.2, 0) is 15.8 Å². The molecule has 150 valence electrons. The second-order valence-electron chi connectivity index (χ2n) is 7.12. The van der Waals surface area contributed by atoms with Crippen molar-refractivity contribution in [1.82, 2.24) is 14.5 Å². The van der Waals surface area contributed by atoms with Gasteiger partial charge in [-0.05, 0) is 42.8 Å². The van der Waals surface area contributed by atoms with Gasteiger partial charge in [0.05, 0.1) is 5.69 Å². The highest BCUT2D eigenvalue weighted by molar-refractivity contribution is 7.91. The normalized spacial score (nSPS) is 11.9. The van der Waals surface area contributed by atoms with Crippen molar-refractivity contribution >= 4 is 32.3 Å². The number of nitrogens with one attached hydrogen (secondary N) is 1. The molecule has 0 radical (unpaired) electrons. The number of benzene rings is 2. The Balaban J connectivity index is 1.42. The van der Waals surface area contributed by atoms with E-state index in [0.717, 1.165) is 22.5 Å². The number of aromatic nitrogens is 3. The van der Waals surface area contributed by atoms with E-state index in [1.54, 1.807) is 30.3 Å². The average Bonchev–Trinajstić information content (AvgIpc) is 3.33. The summed E-state index contributed by atoms with van der Waals surface area (Å²) in [5.41, 5.74) is 4.95. The molecule has 0 bridgehead atoms. The van der Waals surface area contributed by atoms with Gasteiger partial charge in [-0.1, -0.05) is 35.5 Å². The van der Waals surface area contributed by atoms with Crippen LogP contribution in [0.5, 0.6) is 0 Å². The third kappa shape index (κ3) is 3.42. The summed E-state index contributed by atoms with van der Waals surface area (Å²) in [7, 11) is -3.68. The molecular formula is C22H18N4O3S. The van der Waals surface area contributed by atoms with Crippen molar-refractivity contribution < 1.29 is 12.9 Å². The molecule has 0 aliphatic rings. The Hall–Kier alpha value is -3.65. The molecule has 8 heteroatoms. The van der Waals surface area contributed by atoms with Crippen LogP contribution in [0.3, 0.4) is 0 Å². The van der Waals surface area contributed by atoms with Crippen molar-refractivity contribution in [1.29, 1.82) is 0 Å². The van der Waals surface area contributed by atoms with Crippen LogP contribution < -0.4 is 4.72 Å². The Morgan fingerprint density at radius 2 is 1.93 bits per heavy atom. The van der Waals surface area contributed by atoms with Gasteiger partial charge in [-0.3, -0.25) is 4.72 Å². The molecule has 0 saturated heterocycles. The lowest BCUT2D eigenvalue weighted by Crippen LogP contribution is -2.15. The first kappa shape index (κ1) is 18.4. The Morgan fingerprint density at radius 1 is 1.07 bits per heavy atom. The smallest absolute Gasteiger partial charge is 0.238 e. The van der Waals surface area contributed by atoms with E-state index in [4.69, 9.17) is 4.52 Å². The molecule has 7 nitrogen and oxygen atoms in total. The zero-order valence-electron chi connectivity index (χ0n) is 16.1. The molecular weight excluding hydrogens is 400 g/mol. The van der Waals surface area contributed by atoms with Crippen molar-refractivity contribution in [2.24, 2.45) is 0 Å². The van der Waals surface area contributed by atoms with Crippen molar-refractivity contribution in [2.45, 2.75) is 12.7 Å². The lowest BCUT2D eigenvalue weighted by atomic mass is 10.1. The largest absolute Gasteiger partial charge is 0.356 e. The maximum atomic E-state index is 12.7. The van der Waals surface area contributed by atoms with Crippen molar-refractivity contribution in [2.75, 3.05) is 4.72 Å². The first-order valence-corrected chi connectivity index (χ1v) is 11.0. The molecule has 2 aromatic carbocycles. The molecule has 0 atom stereocenters. The van der Waals surface area contributed by atoms with Crippen LogP contribution in [0.4, 0.5) is 5.69 Å². The average molecular weight is 418 g/mol. The standard InChI is InChI=1S/C22H18N4O3S/c1-15-6-5-11-26-13-19(23-22(15)26)16-7-4-8-17(12-16)25-30(27,28)14-20-18-9-2-3-10-21(18)29-24-20/h2-13,25H,14H2,1H3. The predicted octanol–water partition coefficient (Wildman–Crippen LogP) is 4.39. The number of hydrogen-bond donors (Lipinski definition) is 1. The summed E-state index contributed by atoms with van der Waals surface area (Å²) in [5.74, 6) is -0.276. The Morgan fingerprint density at radius 3 is 2.80 bits per heavy atom. The number of sulfonamides is 1. The van der Waals surface area contributed by atoms with Gasteiger partial charge in [0.2, 0.25) is 10.0 Å². The third-order valence-corrected chi connectivity index (χ3v) is 6.09. The topological polar surface area (TPSA) is 89.5 Å². The highest BCUT2D eigenvalue weighted by atomic mass is 32.2. The highest BCUT2D eigenvalue weighted by Gasteiger charge is 2.18. The summed E-state index contributed by atoms with van der Waals surface area (Å²) in [4.78, 5) is 4.68. The second-order valence-corrected chi connectivity index (χ2v) is 8.84. The fourth-order valence-corrected chi connectivity index (χ4v) is 4.60. The molecule has 0 amide bonds. The van der Waals surface area contributed by atoms with Crippen LogP contribution >= 0.6 is 0 Å². The van der Waals surface area contributed by atoms with E-state index >= 15 is 0 Å². The summed E-state index contributed by atoms with van der Waals surface area (Å²) >= 11 is 0. The van der Waals surface area contributed by atoms with Gasteiger partial charge in [0.1, 0.15) is 17.1 Å². The van der Waals surface area contributed by atoms with Gasteiger partial charge in [0, 0.05) is 29.0 Å². The van der Waals surface area contributed by atoms with Crippen LogP contribution in [0.25, 0.3) is 27.9 Å². The van der Waals surface area contributed by atoms with Crippen LogP contribution in [0, 0.1) is 6.92 Å². The number of pyridine rings is 1. The van der Waals surface area contributed by atoms with Gasteiger partial charge >= 0.3 is 0 Å². The number of anilines is 1. The molecule has 0 aliphatic heterocycles. The minimum atomic E-state index is -3.68. The zero-order chi connectivity index (χ0) is 20.7. The van der Waals surface area contributed by atoms with Crippen LogP contribution in [-0.4, -0.2) is 23.0 Å². The summed E-state index contributed by atoms with van der Waals surface area (Å²) in [6.07, 6.45) is 3.87.